The van der Waals surface area contributed by atoms with Crippen LogP contribution in [0.4, 0.5) is 0 Å². The quantitative estimate of drug-likeness (QED) is 0.390. The van der Waals surface area contributed by atoms with Gasteiger partial charge < -0.3 is 14.6 Å². The maximum absolute atomic E-state index is 11.3. The van der Waals surface area contributed by atoms with Crippen LogP contribution in [0.3, 0.4) is 0 Å². The Hall–Kier alpha value is -3.08. The summed E-state index contributed by atoms with van der Waals surface area (Å²) in [5.41, 5.74) is 4.53. The van der Waals surface area contributed by atoms with Crippen LogP contribution in [0.15, 0.2) is 55.1 Å². The van der Waals surface area contributed by atoms with Gasteiger partial charge in [-0.15, -0.1) is 0 Å². The zero-order valence-corrected chi connectivity index (χ0v) is 18.1. The number of fused-ring (bicyclic) bond motifs is 1. The van der Waals surface area contributed by atoms with E-state index >= 15 is 0 Å². The summed E-state index contributed by atoms with van der Waals surface area (Å²) in [4.78, 5) is 16.1. The normalized spacial score (nSPS) is 11.1. The van der Waals surface area contributed by atoms with Crippen molar-refractivity contribution in [1.29, 1.82) is 0 Å². The van der Waals surface area contributed by atoms with Gasteiger partial charge in [0, 0.05) is 13.0 Å². The molecule has 0 aliphatic carbocycles. The minimum absolute atomic E-state index is 0.143. The van der Waals surface area contributed by atoms with Crippen LogP contribution in [-0.2, 0) is 17.8 Å². The van der Waals surface area contributed by atoms with E-state index < -0.39 is 0 Å². The molecule has 1 aromatic heterocycles. The fourth-order valence-corrected chi connectivity index (χ4v) is 3.59. The number of aryl methyl sites for hydroxylation is 2. The van der Waals surface area contributed by atoms with E-state index in [1.165, 1.54) is 17.2 Å². The Bertz CT molecular complexity index is 1020. The third-order valence-electron chi connectivity index (χ3n) is 5.16. The zero-order valence-electron chi connectivity index (χ0n) is 18.1. The highest BCUT2D eigenvalue weighted by Crippen LogP contribution is 2.27. The molecule has 0 aliphatic heterocycles. The maximum atomic E-state index is 11.3. The van der Waals surface area contributed by atoms with Gasteiger partial charge in [-0.3, -0.25) is 4.79 Å². The number of nitrogens with zero attached hydrogens (tertiary/aromatic N) is 2. The van der Waals surface area contributed by atoms with Crippen LogP contribution in [0.5, 0.6) is 5.75 Å². The molecule has 0 bridgehead atoms. The van der Waals surface area contributed by atoms with Crippen molar-refractivity contribution in [3.63, 3.8) is 0 Å². The number of hydrogen-bond acceptors (Lipinski definition) is 3. The molecule has 5 heteroatoms. The number of hydrogen-bond donors (Lipinski definition) is 1. The average molecular weight is 406 g/mol. The van der Waals surface area contributed by atoms with Gasteiger partial charge in [0.2, 0.25) is 5.91 Å². The lowest BCUT2D eigenvalue weighted by Crippen LogP contribution is -2.22. The second kappa shape index (κ2) is 10.1. The first-order chi connectivity index (χ1) is 14.5. The Labute approximate surface area is 178 Å². The van der Waals surface area contributed by atoms with Crippen LogP contribution in [0.2, 0.25) is 0 Å². The van der Waals surface area contributed by atoms with E-state index in [4.69, 9.17) is 9.72 Å². The molecule has 0 atom stereocenters. The lowest BCUT2D eigenvalue weighted by Gasteiger charge is -2.16. The Morgan fingerprint density at radius 2 is 2.07 bits per heavy atom. The van der Waals surface area contributed by atoms with Crippen LogP contribution < -0.4 is 10.1 Å². The number of rotatable bonds is 10. The highest BCUT2D eigenvalue weighted by molar-refractivity contribution is 5.86. The highest BCUT2D eigenvalue weighted by Gasteiger charge is 2.12. The fourth-order valence-electron chi connectivity index (χ4n) is 3.59. The number of imidazole rings is 1. The molecule has 0 spiro atoms. The van der Waals surface area contributed by atoms with Crippen LogP contribution in [0, 0.1) is 6.92 Å². The molecule has 0 radical (unpaired) electrons. The van der Waals surface area contributed by atoms with Crippen LogP contribution >= 0.6 is 0 Å². The second-order valence-corrected chi connectivity index (χ2v) is 7.81. The van der Waals surface area contributed by atoms with Gasteiger partial charge in [0.1, 0.15) is 18.2 Å². The summed E-state index contributed by atoms with van der Waals surface area (Å²) in [7, 11) is 0. The number of benzene rings is 2. The van der Waals surface area contributed by atoms with Crippen molar-refractivity contribution in [2.24, 2.45) is 0 Å². The Balaban J connectivity index is 1.71. The molecule has 5 nitrogen and oxygen atoms in total. The summed E-state index contributed by atoms with van der Waals surface area (Å²) in [6, 6.07) is 14.6. The van der Waals surface area contributed by atoms with E-state index in [1.54, 1.807) is 0 Å². The molecule has 3 aromatic rings. The van der Waals surface area contributed by atoms with Crippen LogP contribution in [0.25, 0.3) is 11.0 Å². The van der Waals surface area contributed by atoms with E-state index in [-0.39, 0.29) is 5.91 Å². The van der Waals surface area contributed by atoms with Gasteiger partial charge in [-0.05, 0) is 54.7 Å². The van der Waals surface area contributed by atoms with Crippen molar-refractivity contribution >= 4 is 16.9 Å². The lowest BCUT2D eigenvalue weighted by molar-refractivity contribution is -0.116. The minimum Gasteiger partial charge on any atom is -0.491 e. The Morgan fingerprint density at radius 3 is 2.83 bits per heavy atom. The van der Waals surface area contributed by atoms with Gasteiger partial charge in [-0.1, -0.05) is 44.7 Å². The monoisotopic (exact) mass is 405 g/mol. The fraction of sp³-hybridized carbons (Fsp3) is 0.360. The molecule has 1 amide bonds. The first-order valence-electron chi connectivity index (χ1n) is 10.6. The molecule has 0 saturated heterocycles. The number of amides is 1. The maximum Gasteiger partial charge on any atom is 0.243 e. The van der Waals surface area contributed by atoms with Crippen LogP contribution in [-0.4, -0.2) is 28.6 Å². The number of carbonyl (C=O) groups excluding carboxylic acids is 1. The lowest BCUT2D eigenvalue weighted by atomic mass is 10.0. The largest absolute Gasteiger partial charge is 0.491 e. The van der Waals surface area contributed by atoms with Gasteiger partial charge in [0.05, 0.1) is 17.6 Å². The number of carbonyl (C=O) groups is 1. The summed E-state index contributed by atoms with van der Waals surface area (Å²) >= 11 is 0. The molecule has 1 heterocycles. The molecule has 1 N–H and O–H groups in total. The topological polar surface area (TPSA) is 56.2 Å². The summed E-state index contributed by atoms with van der Waals surface area (Å²) in [6.07, 6.45) is 2.90. The number of ether oxygens (including phenoxy) is 1. The van der Waals surface area contributed by atoms with Crippen LogP contribution in [0.1, 0.15) is 43.1 Å². The van der Waals surface area contributed by atoms with Crippen molar-refractivity contribution < 1.29 is 9.53 Å². The van der Waals surface area contributed by atoms with Crippen molar-refractivity contribution in [2.75, 3.05) is 13.2 Å². The Morgan fingerprint density at radius 1 is 1.27 bits per heavy atom. The molecule has 0 fully saturated rings. The number of para-hydroxylation sites is 2. The van der Waals surface area contributed by atoms with Gasteiger partial charge in [0.25, 0.3) is 0 Å². The van der Waals surface area contributed by atoms with Crippen molar-refractivity contribution in [1.82, 2.24) is 14.9 Å². The molecular weight excluding hydrogens is 374 g/mol. The van der Waals surface area contributed by atoms with E-state index in [1.807, 2.05) is 18.2 Å². The van der Waals surface area contributed by atoms with E-state index in [0.29, 0.717) is 19.1 Å². The summed E-state index contributed by atoms with van der Waals surface area (Å²) in [5, 5.41) is 2.82. The molecule has 158 valence electrons. The first-order valence-corrected chi connectivity index (χ1v) is 10.6. The standard InChI is InChI=1S/C25H31N3O2/c1-5-25(29)26-14-8-11-24-27-21-9-6-7-10-22(21)28(24)15-16-30-23-17-19(4)12-13-20(23)18(2)3/h5-7,9-10,12-13,17-18H,1,8,11,14-16H2,2-4H3,(H,26,29). The molecular formula is C25H31N3O2. The summed E-state index contributed by atoms with van der Waals surface area (Å²) < 4.78 is 8.44. The molecule has 0 saturated carbocycles. The third kappa shape index (κ3) is 5.29. The second-order valence-electron chi connectivity index (χ2n) is 7.81. The van der Waals surface area contributed by atoms with Gasteiger partial charge in [-0.25, -0.2) is 4.98 Å². The SMILES string of the molecule is C=CC(=O)NCCCc1nc2ccccc2n1CCOc1cc(C)ccc1C(C)C. The summed E-state index contributed by atoms with van der Waals surface area (Å²) in [6.45, 7) is 11.8. The average Bonchev–Trinajstić information content (AvgIpc) is 3.08. The summed E-state index contributed by atoms with van der Waals surface area (Å²) in [5.74, 6) is 2.25. The predicted molar refractivity (Wildman–Crippen MR) is 122 cm³/mol. The molecule has 0 unspecified atom stereocenters. The number of aromatic nitrogens is 2. The van der Waals surface area contributed by atoms with Crippen molar-refractivity contribution in [3.05, 3.63) is 72.1 Å². The smallest absolute Gasteiger partial charge is 0.243 e. The van der Waals surface area contributed by atoms with Crippen molar-refractivity contribution in [3.8, 4) is 5.75 Å². The predicted octanol–water partition coefficient (Wildman–Crippen LogP) is 4.78. The van der Waals surface area contributed by atoms with Gasteiger partial charge in [0.15, 0.2) is 0 Å². The Kier molecular flexibility index (Phi) is 7.28. The minimum atomic E-state index is -0.143. The first kappa shape index (κ1) is 21.6. The highest BCUT2D eigenvalue weighted by atomic mass is 16.5. The number of nitrogens with one attached hydrogen (secondary N) is 1. The van der Waals surface area contributed by atoms with E-state index in [0.717, 1.165) is 42.0 Å². The van der Waals surface area contributed by atoms with Crippen molar-refractivity contribution in [2.45, 2.75) is 46.1 Å². The molecule has 2 aromatic carbocycles. The van der Waals surface area contributed by atoms with Gasteiger partial charge in [-0.2, -0.15) is 0 Å². The van der Waals surface area contributed by atoms with Gasteiger partial charge >= 0.3 is 0 Å². The van der Waals surface area contributed by atoms with E-state index in [2.05, 4.69) is 61.5 Å². The molecule has 30 heavy (non-hydrogen) atoms. The third-order valence-corrected chi connectivity index (χ3v) is 5.16. The van der Waals surface area contributed by atoms with E-state index in [9.17, 15) is 4.79 Å². The molecule has 0 aliphatic rings. The zero-order chi connectivity index (χ0) is 21.5. The molecule has 3 rings (SSSR count).